The normalized spacial score (nSPS) is 12.0. The summed E-state index contributed by atoms with van der Waals surface area (Å²) in [5.74, 6) is 0. The summed E-state index contributed by atoms with van der Waals surface area (Å²) in [7, 11) is 0. The van der Waals surface area contributed by atoms with Crippen LogP contribution in [0, 0.1) is 6.92 Å². The molecule has 0 aliphatic rings. The third kappa shape index (κ3) is 6.65. The lowest BCUT2D eigenvalue weighted by molar-refractivity contribution is -0.173. The number of thiophene rings is 1. The van der Waals surface area contributed by atoms with Crippen LogP contribution in [0.1, 0.15) is 17.5 Å². The molecule has 1 aromatic rings. The first-order chi connectivity index (χ1) is 7.99. The number of ether oxygens (including phenoxy) is 1. The Morgan fingerprint density at radius 2 is 2.12 bits per heavy atom. The fourth-order valence-electron chi connectivity index (χ4n) is 1.28. The van der Waals surface area contributed by atoms with E-state index in [0.29, 0.717) is 13.0 Å². The van der Waals surface area contributed by atoms with Crippen LogP contribution < -0.4 is 5.32 Å². The number of rotatable bonds is 7. The van der Waals surface area contributed by atoms with Crippen LogP contribution in [0.25, 0.3) is 0 Å². The highest BCUT2D eigenvalue weighted by atomic mass is 32.1. The van der Waals surface area contributed by atoms with Crippen molar-refractivity contribution in [3.63, 3.8) is 0 Å². The topological polar surface area (TPSA) is 21.3 Å². The van der Waals surface area contributed by atoms with E-state index >= 15 is 0 Å². The Hall–Kier alpha value is -0.590. The molecule has 0 amide bonds. The summed E-state index contributed by atoms with van der Waals surface area (Å²) < 4.78 is 39.7. The van der Waals surface area contributed by atoms with Gasteiger partial charge in [-0.15, -0.1) is 0 Å². The van der Waals surface area contributed by atoms with Gasteiger partial charge in [-0.1, -0.05) is 0 Å². The van der Waals surface area contributed by atoms with E-state index < -0.39 is 12.8 Å². The molecular weight excluding hydrogens is 251 g/mol. The Balaban J connectivity index is 1.97. The van der Waals surface area contributed by atoms with Crippen molar-refractivity contribution in [1.29, 1.82) is 0 Å². The maximum atomic E-state index is 11.7. The molecule has 0 aliphatic heterocycles. The Kier molecular flexibility index (Phi) is 5.94. The molecule has 0 bridgehead atoms. The standard InChI is InChI=1S/C11H16F3NOS/c1-9-6-17-7-10(9)5-15-3-2-4-16-8-11(12,13)14/h6-7,15H,2-5,8H2,1H3. The third-order valence-electron chi connectivity index (χ3n) is 2.19. The number of aryl methyl sites for hydroxylation is 1. The average molecular weight is 267 g/mol. The molecule has 1 N–H and O–H groups in total. The van der Waals surface area contributed by atoms with Crippen molar-refractivity contribution in [3.05, 3.63) is 21.9 Å². The monoisotopic (exact) mass is 267 g/mol. The summed E-state index contributed by atoms with van der Waals surface area (Å²) in [5, 5.41) is 7.32. The quantitative estimate of drug-likeness (QED) is 0.766. The molecule has 0 spiro atoms. The number of halogens is 3. The van der Waals surface area contributed by atoms with Gasteiger partial charge in [-0.3, -0.25) is 0 Å². The van der Waals surface area contributed by atoms with E-state index in [0.717, 1.165) is 6.54 Å². The van der Waals surface area contributed by atoms with E-state index in [1.54, 1.807) is 11.3 Å². The van der Waals surface area contributed by atoms with Crippen molar-refractivity contribution in [1.82, 2.24) is 5.32 Å². The fourth-order valence-corrected chi connectivity index (χ4v) is 2.14. The second kappa shape index (κ2) is 6.98. The van der Waals surface area contributed by atoms with Gasteiger partial charge in [0.1, 0.15) is 6.61 Å². The van der Waals surface area contributed by atoms with Gasteiger partial charge in [-0.2, -0.15) is 24.5 Å². The Morgan fingerprint density at radius 3 is 2.71 bits per heavy atom. The van der Waals surface area contributed by atoms with Gasteiger partial charge in [0, 0.05) is 13.2 Å². The summed E-state index contributed by atoms with van der Waals surface area (Å²) in [6.45, 7) is 2.44. The number of hydrogen-bond acceptors (Lipinski definition) is 3. The lowest BCUT2D eigenvalue weighted by Gasteiger charge is -2.08. The van der Waals surface area contributed by atoms with E-state index in [9.17, 15) is 13.2 Å². The summed E-state index contributed by atoms with van der Waals surface area (Å²) >= 11 is 1.65. The Labute approximate surface area is 103 Å². The third-order valence-corrected chi connectivity index (χ3v) is 3.10. The summed E-state index contributed by atoms with van der Waals surface area (Å²) in [6, 6.07) is 0. The average Bonchev–Trinajstić information content (AvgIpc) is 2.61. The van der Waals surface area contributed by atoms with Crippen LogP contribution in [0.5, 0.6) is 0 Å². The zero-order valence-corrected chi connectivity index (χ0v) is 10.5. The second-order valence-corrected chi connectivity index (χ2v) is 4.52. The van der Waals surface area contributed by atoms with Gasteiger partial charge in [-0.25, -0.2) is 0 Å². The van der Waals surface area contributed by atoms with Crippen molar-refractivity contribution in [2.75, 3.05) is 19.8 Å². The van der Waals surface area contributed by atoms with Gasteiger partial charge < -0.3 is 10.1 Å². The molecule has 0 aliphatic carbocycles. The predicted octanol–water partition coefficient (Wildman–Crippen LogP) is 3.12. The molecule has 1 heterocycles. The molecular formula is C11H16F3NOS. The zero-order valence-electron chi connectivity index (χ0n) is 9.64. The van der Waals surface area contributed by atoms with Crippen LogP contribution in [-0.4, -0.2) is 25.9 Å². The molecule has 2 nitrogen and oxygen atoms in total. The molecule has 6 heteroatoms. The van der Waals surface area contributed by atoms with Crippen molar-refractivity contribution < 1.29 is 17.9 Å². The molecule has 0 aromatic carbocycles. The fraction of sp³-hybridized carbons (Fsp3) is 0.636. The van der Waals surface area contributed by atoms with Gasteiger partial charge in [0.25, 0.3) is 0 Å². The first-order valence-corrected chi connectivity index (χ1v) is 6.30. The van der Waals surface area contributed by atoms with Crippen LogP contribution in [0.15, 0.2) is 10.8 Å². The molecule has 1 aromatic heterocycles. The highest BCUT2D eigenvalue weighted by molar-refractivity contribution is 7.08. The first-order valence-electron chi connectivity index (χ1n) is 5.36. The molecule has 98 valence electrons. The molecule has 0 unspecified atom stereocenters. The van der Waals surface area contributed by atoms with Gasteiger partial charge >= 0.3 is 6.18 Å². The minimum absolute atomic E-state index is 0.134. The highest BCUT2D eigenvalue weighted by Gasteiger charge is 2.27. The van der Waals surface area contributed by atoms with Crippen LogP contribution in [0.3, 0.4) is 0 Å². The number of alkyl halides is 3. The van der Waals surface area contributed by atoms with Crippen LogP contribution in [0.2, 0.25) is 0 Å². The first kappa shape index (κ1) is 14.5. The molecule has 0 saturated heterocycles. The minimum atomic E-state index is -4.22. The van der Waals surface area contributed by atoms with E-state index in [-0.39, 0.29) is 6.61 Å². The molecule has 1 rings (SSSR count). The van der Waals surface area contributed by atoms with Crippen molar-refractivity contribution in [2.45, 2.75) is 26.1 Å². The largest absolute Gasteiger partial charge is 0.411 e. The number of nitrogens with one attached hydrogen (secondary N) is 1. The lowest BCUT2D eigenvalue weighted by atomic mass is 10.2. The molecule has 0 fully saturated rings. The summed E-state index contributed by atoms with van der Waals surface area (Å²) in [4.78, 5) is 0. The summed E-state index contributed by atoms with van der Waals surface area (Å²) in [5.41, 5.74) is 2.49. The van der Waals surface area contributed by atoms with Crippen molar-refractivity contribution >= 4 is 11.3 Å². The zero-order chi connectivity index (χ0) is 12.7. The Morgan fingerprint density at radius 1 is 1.35 bits per heavy atom. The molecule has 17 heavy (non-hydrogen) atoms. The van der Waals surface area contributed by atoms with E-state index in [2.05, 4.69) is 20.8 Å². The van der Waals surface area contributed by atoms with Gasteiger partial charge in [0.2, 0.25) is 0 Å². The van der Waals surface area contributed by atoms with E-state index in [4.69, 9.17) is 0 Å². The molecule has 0 radical (unpaired) electrons. The van der Waals surface area contributed by atoms with Crippen LogP contribution in [-0.2, 0) is 11.3 Å². The van der Waals surface area contributed by atoms with E-state index in [1.165, 1.54) is 11.1 Å². The lowest BCUT2D eigenvalue weighted by Crippen LogP contribution is -2.20. The van der Waals surface area contributed by atoms with Crippen LogP contribution in [0.4, 0.5) is 13.2 Å². The van der Waals surface area contributed by atoms with Gasteiger partial charge in [0.05, 0.1) is 0 Å². The van der Waals surface area contributed by atoms with Gasteiger partial charge in [-0.05, 0) is 41.8 Å². The highest BCUT2D eigenvalue weighted by Crippen LogP contribution is 2.14. The van der Waals surface area contributed by atoms with E-state index in [1.807, 2.05) is 6.92 Å². The summed E-state index contributed by atoms with van der Waals surface area (Å²) in [6.07, 6.45) is -3.64. The SMILES string of the molecule is Cc1cscc1CNCCCOCC(F)(F)F. The minimum Gasteiger partial charge on any atom is -0.372 e. The maximum absolute atomic E-state index is 11.7. The Bertz CT molecular complexity index is 325. The molecule has 0 saturated carbocycles. The molecule has 0 atom stereocenters. The second-order valence-electron chi connectivity index (χ2n) is 3.78. The van der Waals surface area contributed by atoms with Gasteiger partial charge in [0.15, 0.2) is 0 Å². The predicted molar refractivity (Wildman–Crippen MR) is 62.3 cm³/mol. The van der Waals surface area contributed by atoms with Crippen LogP contribution >= 0.6 is 11.3 Å². The smallest absolute Gasteiger partial charge is 0.372 e. The number of hydrogen-bond donors (Lipinski definition) is 1. The maximum Gasteiger partial charge on any atom is 0.411 e. The van der Waals surface area contributed by atoms with Crippen molar-refractivity contribution in [2.24, 2.45) is 0 Å². The van der Waals surface area contributed by atoms with Crippen molar-refractivity contribution in [3.8, 4) is 0 Å².